The maximum atomic E-state index is 13.3. The monoisotopic (exact) mass is 399 g/mol. The zero-order valence-corrected chi connectivity index (χ0v) is 18.2. The second-order valence-corrected chi connectivity index (χ2v) is 8.51. The van der Waals surface area contributed by atoms with E-state index in [0.717, 1.165) is 34.7 Å². The molecule has 0 N–H and O–H groups in total. The number of rotatable bonds is 8. The van der Waals surface area contributed by atoms with Gasteiger partial charge < -0.3 is 4.90 Å². The van der Waals surface area contributed by atoms with Gasteiger partial charge in [0, 0.05) is 18.8 Å². The van der Waals surface area contributed by atoms with Crippen LogP contribution < -0.4 is 4.90 Å². The van der Waals surface area contributed by atoms with Gasteiger partial charge in [-0.25, -0.2) is 4.98 Å². The number of aromatic nitrogens is 3. The van der Waals surface area contributed by atoms with Crippen molar-refractivity contribution in [3.05, 3.63) is 41.7 Å². The van der Waals surface area contributed by atoms with Gasteiger partial charge in [-0.3, -0.25) is 14.4 Å². The highest BCUT2D eigenvalue weighted by molar-refractivity contribution is 7.22. The Hall–Kier alpha value is -2.25. The maximum absolute atomic E-state index is 13.3. The van der Waals surface area contributed by atoms with Gasteiger partial charge in [-0.05, 0) is 65.0 Å². The predicted molar refractivity (Wildman–Crippen MR) is 116 cm³/mol. The molecule has 1 amide bonds. The Bertz CT molecular complexity index is 943. The molecule has 0 radical (unpaired) electrons. The molecule has 0 aliphatic carbocycles. The van der Waals surface area contributed by atoms with Crippen LogP contribution in [0, 0.1) is 0 Å². The van der Waals surface area contributed by atoms with Gasteiger partial charge in [0.05, 0.1) is 10.2 Å². The van der Waals surface area contributed by atoms with E-state index >= 15 is 0 Å². The summed E-state index contributed by atoms with van der Waals surface area (Å²) in [5, 5.41) is 5.23. The molecule has 0 fully saturated rings. The van der Waals surface area contributed by atoms with Crippen LogP contribution in [-0.2, 0) is 6.42 Å². The molecular formula is C21H29N5OS. The van der Waals surface area contributed by atoms with E-state index in [1.807, 2.05) is 25.0 Å². The van der Waals surface area contributed by atoms with Crippen LogP contribution >= 0.6 is 11.3 Å². The second-order valence-electron chi connectivity index (χ2n) is 7.50. The van der Waals surface area contributed by atoms with Crippen LogP contribution in [0.15, 0.2) is 30.5 Å². The Kier molecular flexibility index (Phi) is 6.46. The number of carbonyl (C=O) groups is 1. The molecule has 7 heteroatoms. The fourth-order valence-corrected chi connectivity index (χ4v) is 4.14. The third-order valence-electron chi connectivity index (χ3n) is 4.69. The van der Waals surface area contributed by atoms with Crippen LogP contribution in [0.1, 0.15) is 49.3 Å². The van der Waals surface area contributed by atoms with Crippen molar-refractivity contribution in [2.45, 2.75) is 39.7 Å². The third-order valence-corrected chi connectivity index (χ3v) is 5.74. The lowest BCUT2D eigenvalue weighted by Crippen LogP contribution is -2.33. The van der Waals surface area contributed by atoms with Gasteiger partial charge in [-0.15, -0.1) is 0 Å². The van der Waals surface area contributed by atoms with Crippen LogP contribution in [0.5, 0.6) is 0 Å². The van der Waals surface area contributed by atoms with Crippen LogP contribution in [0.2, 0.25) is 0 Å². The molecule has 3 aromatic rings. The largest absolute Gasteiger partial charge is 0.309 e. The van der Waals surface area contributed by atoms with Gasteiger partial charge in [0.1, 0.15) is 0 Å². The van der Waals surface area contributed by atoms with Crippen molar-refractivity contribution in [3.8, 4) is 0 Å². The number of anilines is 1. The summed E-state index contributed by atoms with van der Waals surface area (Å²) in [6.45, 7) is 7.76. The lowest BCUT2D eigenvalue weighted by atomic mass is 10.1. The summed E-state index contributed by atoms with van der Waals surface area (Å²) >= 11 is 1.58. The summed E-state index contributed by atoms with van der Waals surface area (Å²) in [6, 6.07) is 8.26. The molecule has 28 heavy (non-hydrogen) atoms. The number of amides is 1. The molecule has 0 unspecified atom stereocenters. The van der Waals surface area contributed by atoms with Gasteiger partial charge in [-0.1, -0.05) is 30.4 Å². The molecule has 0 saturated carbocycles. The second kappa shape index (κ2) is 8.84. The van der Waals surface area contributed by atoms with Crippen LogP contribution in [-0.4, -0.2) is 52.8 Å². The molecule has 0 aliphatic heterocycles. The quantitative estimate of drug-likeness (QED) is 0.569. The summed E-state index contributed by atoms with van der Waals surface area (Å²) in [7, 11) is 4.09. The topological polar surface area (TPSA) is 54.3 Å². The zero-order chi connectivity index (χ0) is 20.3. The van der Waals surface area contributed by atoms with E-state index in [4.69, 9.17) is 4.98 Å². The molecule has 3 rings (SSSR count). The first-order chi connectivity index (χ1) is 13.4. The number of aryl methyl sites for hydroxylation is 1. The molecular weight excluding hydrogens is 370 g/mol. The SMILES string of the molecule is CCc1cccc2sc(N(CCCN(C)C)C(=O)c3ccn(C(C)C)n3)nc12. The number of fused-ring (bicyclic) bond motifs is 1. The number of nitrogens with zero attached hydrogens (tertiary/aromatic N) is 5. The molecule has 0 aliphatic rings. The molecule has 0 saturated heterocycles. The molecule has 0 atom stereocenters. The normalized spacial score (nSPS) is 11.7. The van der Waals surface area contributed by atoms with Gasteiger partial charge >= 0.3 is 0 Å². The number of thiazole rings is 1. The van der Waals surface area contributed by atoms with Crippen molar-refractivity contribution >= 4 is 32.6 Å². The highest BCUT2D eigenvalue weighted by atomic mass is 32.1. The Balaban J connectivity index is 1.95. The fraction of sp³-hybridized carbons (Fsp3) is 0.476. The zero-order valence-electron chi connectivity index (χ0n) is 17.3. The molecule has 2 heterocycles. The fourth-order valence-electron chi connectivity index (χ4n) is 3.10. The molecule has 150 valence electrons. The molecule has 6 nitrogen and oxygen atoms in total. The number of hydrogen-bond acceptors (Lipinski definition) is 5. The average molecular weight is 400 g/mol. The Morgan fingerprint density at radius 2 is 2.00 bits per heavy atom. The highest BCUT2D eigenvalue weighted by Gasteiger charge is 2.23. The van der Waals surface area contributed by atoms with E-state index in [-0.39, 0.29) is 11.9 Å². The van der Waals surface area contributed by atoms with Crippen molar-refractivity contribution in [1.29, 1.82) is 0 Å². The maximum Gasteiger partial charge on any atom is 0.280 e. The molecule has 0 bridgehead atoms. The third kappa shape index (κ3) is 4.42. The Morgan fingerprint density at radius 3 is 2.64 bits per heavy atom. The van der Waals surface area contributed by atoms with Crippen molar-refractivity contribution in [3.63, 3.8) is 0 Å². The molecule has 2 aromatic heterocycles. The lowest BCUT2D eigenvalue weighted by Gasteiger charge is -2.20. The van der Waals surface area contributed by atoms with Crippen molar-refractivity contribution < 1.29 is 4.79 Å². The van der Waals surface area contributed by atoms with Gasteiger partial charge in [-0.2, -0.15) is 5.10 Å². The molecule has 0 spiro atoms. The number of para-hydroxylation sites is 1. The summed E-state index contributed by atoms with van der Waals surface area (Å²) in [5.74, 6) is -0.0877. The van der Waals surface area contributed by atoms with Gasteiger partial charge in [0.2, 0.25) is 0 Å². The first-order valence-electron chi connectivity index (χ1n) is 9.81. The Labute approximate surface area is 170 Å². The average Bonchev–Trinajstić information content (AvgIpc) is 3.31. The first-order valence-corrected chi connectivity index (χ1v) is 10.6. The predicted octanol–water partition coefficient (Wildman–Crippen LogP) is 4.23. The minimum atomic E-state index is -0.0877. The minimum absolute atomic E-state index is 0.0877. The van der Waals surface area contributed by atoms with E-state index in [9.17, 15) is 4.79 Å². The summed E-state index contributed by atoms with van der Waals surface area (Å²) in [5.41, 5.74) is 2.68. The number of hydrogen-bond donors (Lipinski definition) is 0. The lowest BCUT2D eigenvalue weighted by molar-refractivity contribution is 0.0980. The number of carbonyl (C=O) groups excluding carboxylic acids is 1. The van der Waals surface area contributed by atoms with Crippen LogP contribution in [0.3, 0.4) is 0 Å². The minimum Gasteiger partial charge on any atom is -0.309 e. The van der Waals surface area contributed by atoms with Crippen molar-refractivity contribution in [2.75, 3.05) is 32.1 Å². The highest BCUT2D eigenvalue weighted by Crippen LogP contribution is 2.32. The van der Waals surface area contributed by atoms with Crippen LogP contribution in [0.25, 0.3) is 10.2 Å². The van der Waals surface area contributed by atoms with Crippen molar-refractivity contribution in [2.24, 2.45) is 0 Å². The van der Waals surface area contributed by atoms with E-state index in [1.54, 1.807) is 22.3 Å². The van der Waals surface area contributed by atoms with Crippen molar-refractivity contribution in [1.82, 2.24) is 19.7 Å². The van der Waals surface area contributed by atoms with Crippen LogP contribution in [0.4, 0.5) is 5.13 Å². The van der Waals surface area contributed by atoms with E-state index in [1.165, 1.54) is 5.56 Å². The summed E-state index contributed by atoms with van der Waals surface area (Å²) in [6.07, 6.45) is 3.66. The van der Waals surface area contributed by atoms with E-state index < -0.39 is 0 Å². The molecule has 1 aromatic carbocycles. The first kappa shape index (κ1) is 20.5. The van der Waals surface area contributed by atoms with E-state index in [0.29, 0.717) is 12.2 Å². The summed E-state index contributed by atoms with van der Waals surface area (Å²) in [4.78, 5) is 22.1. The van der Waals surface area contributed by atoms with E-state index in [2.05, 4.69) is 49.0 Å². The smallest absolute Gasteiger partial charge is 0.280 e. The summed E-state index contributed by atoms with van der Waals surface area (Å²) < 4.78 is 2.94. The number of benzene rings is 1. The Morgan fingerprint density at radius 1 is 1.21 bits per heavy atom. The van der Waals surface area contributed by atoms with Gasteiger partial charge in [0.25, 0.3) is 5.91 Å². The standard InChI is InChI=1S/C21H29N5OS/c1-6-16-9-7-10-18-19(16)22-21(28-18)25(13-8-12-24(4)5)20(27)17-11-14-26(23-17)15(2)3/h7,9-11,14-15H,6,8,12-13H2,1-5H3. The van der Waals surface area contributed by atoms with Gasteiger partial charge in [0.15, 0.2) is 10.8 Å².